The van der Waals surface area contributed by atoms with Crippen LogP contribution in [0.25, 0.3) is 0 Å². The third-order valence-corrected chi connectivity index (χ3v) is 4.18. The van der Waals surface area contributed by atoms with E-state index in [1.165, 1.54) is 12.1 Å². The van der Waals surface area contributed by atoms with E-state index >= 15 is 0 Å². The Hall–Kier alpha value is -3.55. The van der Waals surface area contributed by atoms with Crippen molar-refractivity contribution in [3.63, 3.8) is 0 Å². The fourth-order valence-electron chi connectivity index (χ4n) is 2.97. The number of hydrogen-bond acceptors (Lipinski definition) is 6. The summed E-state index contributed by atoms with van der Waals surface area (Å²) in [5.41, 5.74) is 8.43. The molecule has 0 fully saturated rings. The van der Waals surface area contributed by atoms with Crippen LogP contribution in [0.2, 0.25) is 0 Å². The van der Waals surface area contributed by atoms with Gasteiger partial charge in [-0.3, -0.25) is 14.4 Å². The zero-order valence-electron chi connectivity index (χ0n) is 18.3. The van der Waals surface area contributed by atoms with E-state index in [1.54, 1.807) is 0 Å². The molecule has 4 N–H and O–H groups in total. The predicted octanol–water partition coefficient (Wildman–Crippen LogP) is 2.29. The molecule has 8 nitrogen and oxygen atoms in total. The lowest BCUT2D eigenvalue weighted by Crippen LogP contribution is -2.42. The van der Waals surface area contributed by atoms with Crippen molar-refractivity contribution >= 4 is 29.2 Å². The summed E-state index contributed by atoms with van der Waals surface area (Å²) >= 11 is 0. The van der Waals surface area contributed by atoms with Crippen molar-refractivity contribution in [3.8, 4) is 11.5 Å². The Bertz CT molecular complexity index is 1050. The van der Waals surface area contributed by atoms with Crippen LogP contribution in [0.4, 0.5) is 11.4 Å². The number of nitrogen functional groups attached to an aromatic ring is 1. The minimum absolute atomic E-state index is 0.0774. The normalized spacial score (nSPS) is 17.8. The molecular weight excluding hydrogens is 362 g/mol. The van der Waals surface area contributed by atoms with Crippen molar-refractivity contribution in [2.75, 3.05) is 18.1 Å². The summed E-state index contributed by atoms with van der Waals surface area (Å²) in [6.45, 7) is 3.83. The molecule has 3 rings (SSSR count). The van der Waals surface area contributed by atoms with Crippen molar-refractivity contribution < 1.29 is 28.0 Å². The van der Waals surface area contributed by atoms with Crippen LogP contribution in [-0.4, -0.2) is 30.9 Å². The molecule has 28 heavy (non-hydrogen) atoms. The topological polar surface area (TPSA) is 120 Å². The summed E-state index contributed by atoms with van der Waals surface area (Å²) in [5, 5.41) is 4.91. The van der Waals surface area contributed by atoms with Crippen molar-refractivity contribution in [3.05, 3.63) is 47.0 Å². The average molecular weight is 386 g/mol. The second-order valence-corrected chi connectivity index (χ2v) is 6.55. The van der Waals surface area contributed by atoms with Gasteiger partial charge in [0, 0.05) is 0 Å². The molecule has 0 saturated heterocycles. The number of rotatable bonds is 4. The SMILES string of the molecule is [2H]C([2H])([2H])OC(=O)C[C@@H]1NC(=O)c2cc(Oc3cc(C)cc(C)c3)c(N)cc2NC1=O. The Morgan fingerprint density at radius 2 is 1.89 bits per heavy atom. The Kier molecular flexibility index (Phi) is 4.20. The molecule has 1 atom stereocenters. The maximum Gasteiger partial charge on any atom is 0.308 e. The first-order chi connectivity index (χ1) is 14.4. The van der Waals surface area contributed by atoms with Crippen LogP contribution in [0.15, 0.2) is 30.3 Å². The Labute approximate surface area is 166 Å². The lowest BCUT2D eigenvalue weighted by Gasteiger charge is -2.13. The molecule has 0 unspecified atom stereocenters. The molecule has 2 aromatic rings. The van der Waals surface area contributed by atoms with Gasteiger partial charge in [-0.05, 0) is 49.2 Å². The summed E-state index contributed by atoms with van der Waals surface area (Å²) in [6, 6.07) is 7.06. The van der Waals surface area contributed by atoms with E-state index in [0.29, 0.717) is 5.75 Å². The summed E-state index contributed by atoms with van der Waals surface area (Å²) in [4.78, 5) is 36.9. The predicted molar refractivity (Wildman–Crippen MR) is 103 cm³/mol. The van der Waals surface area contributed by atoms with Gasteiger partial charge in [-0.1, -0.05) is 6.07 Å². The summed E-state index contributed by atoms with van der Waals surface area (Å²) < 4.78 is 31.0. The van der Waals surface area contributed by atoms with Crippen LogP contribution in [0.5, 0.6) is 11.5 Å². The van der Waals surface area contributed by atoms with Gasteiger partial charge >= 0.3 is 5.97 Å². The van der Waals surface area contributed by atoms with E-state index in [2.05, 4.69) is 15.4 Å². The van der Waals surface area contributed by atoms with Crippen molar-refractivity contribution in [1.82, 2.24) is 5.32 Å². The molecule has 2 amide bonds. The highest BCUT2D eigenvalue weighted by Crippen LogP contribution is 2.34. The third kappa shape index (κ3) is 4.06. The quantitative estimate of drug-likeness (QED) is 0.548. The van der Waals surface area contributed by atoms with Crippen LogP contribution in [0.3, 0.4) is 0 Å². The minimum atomic E-state index is -2.94. The minimum Gasteiger partial charge on any atom is -0.469 e. The molecule has 1 aliphatic rings. The molecule has 0 radical (unpaired) electrons. The fourth-order valence-corrected chi connectivity index (χ4v) is 2.97. The number of anilines is 2. The monoisotopic (exact) mass is 386 g/mol. The van der Waals surface area contributed by atoms with Gasteiger partial charge in [0.2, 0.25) is 5.91 Å². The largest absolute Gasteiger partial charge is 0.469 e. The average Bonchev–Trinajstić information content (AvgIpc) is 2.70. The molecule has 0 saturated carbocycles. The van der Waals surface area contributed by atoms with Crippen LogP contribution in [-0.2, 0) is 14.3 Å². The van der Waals surface area contributed by atoms with Gasteiger partial charge in [0.25, 0.3) is 5.91 Å². The van der Waals surface area contributed by atoms with Crippen molar-refractivity contribution in [2.24, 2.45) is 0 Å². The number of ether oxygens (including phenoxy) is 2. The molecule has 146 valence electrons. The number of fused-ring (bicyclic) bond motifs is 1. The van der Waals surface area contributed by atoms with Gasteiger partial charge in [0.05, 0.1) is 34.5 Å². The molecule has 0 bridgehead atoms. The molecule has 2 aromatic carbocycles. The zero-order valence-corrected chi connectivity index (χ0v) is 15.3. The summed E-state index contributed by atoms with van der Waals surface area (Å²) in [6.07, 6.45) is -0.647. The number of amides is 2. The van der Waals surface area contributed by atoms with Gasteiger partial charge < -0.3 is 25.8 Å². The van der Waals surface area contributed by atoms with E-state index in [-0.39, 0.29) is 22.7 Å². The summed E-state index contributed by atoms with van der Waals surface area (Å²) in [5.74, 6) is -1.77. The fraction of sp³-hybridized carbons (Fsp3) is 0.250. The number of aryl methyl sites for hydroxylation is 2. The number of esters is 1. The van der Waals surface area contributed by atoms with Gasteiger partial charge in [-0.2, -0.15) is 0 Å². The maximum absolute atomic E-state index is 12.7. The summed E-state index contributed by atoms with van der Waals surface area (Å²) in [7, 11) is -2.94. The van der Waals surface area contributed by atoms with Gasteiger partial charge in [0.1, 0.15) is 11.8 Å². The standard InChI is InChI=1S/C20H21N3O5/c1-10-4-11(2)6-12(5-10)28-17-7-13-15(8-14(17)21)22-20(26)16(23-19(13)25)9-18(24)27-3/h4-8,16H,9,21H2,1-3H3,(H,22,26)(H,23,25)/t16-/m0/s1/i3D3. The first-order valence-electron chi connectivity index (χ1n) is 9.94. The Morgan fingerprint density at radius 1 is 1.18 bits per heavy atom. The number of carbonyl (C=O) groups excluding carboxylic acids is 3. The van der Waals surface area contributed by atoms with E-state index in [9.17, 15) is 14.4 Å². The first kappa shape index (κ1) is 15.5. The number of methoxy groups -OCH3 is 1. The van der Waals surface area contributed by atoms with Gasteiger partial charge in [-0.15, -0.1) is 0 Å². The second-order valence-electron chi connectivity index (χ2n) is 6.55. The van der Waals surface area contributed by atoms with Crippen LogP contribution >= 0.6 is 0 Å². The molecule has 0 spiro atoms. The lowest BCUT2D eigenvalue weighted by molar-refractivity contribution is -0.142. The van der Waals surface area contributed by atoms with E-state index in [0.717, 1.165) is 11.1 Å². The maximum atomic E-state index is 12.7. The van der Waals surface area contributed by atoms with Crippen molar-refractivity contribution in [2.45, 2.75) is 26.3 Å². The van der Waals surface area contributed by atoms with Gasteiger partial charge in [0.15, 0.2) is 5.75 Å². The smallest absolute Gasteiger partial charge is 0.308 e. The number of carbonyl (C=O) groups is 3. The van der Waals surface area contributed by atoms with E-state index in [4.69, 9.17) is 14.6 Å². The van der Waals surface area contributed by atoms with E-state index in [1.807, 2.05) is 32.0 Å². The third-order valence-electron chi connectivity index (χ3n) is 4.18. The lowest BCUT2D eigenvalue weighted by atomic mass is 10.1. The number of nitrogens with two attached hydrogens (primary N) is 1. The highest BCUT2D eigenvalue weighted by Gasteiger charge is 2.30. The van der Waals surface area contributed by atoms with Gasteiger partial charge in [-0.25, -0.2) is 0 Å². The number of hydrogen-bond donors (Lipinski definition) is 3. The van der Waals surface area contributed by atoms with Crippen molar-refractivity contribution in [1.29, 1.82) is 0 Å². The molecule has 1 heterocycles. The highest BCUT2D eigenvalue weighted by molar-refractivity contribution is 6.11. The van der Waals surface area contributed by atoms with Crippen LogP contribution in [0.1, 0.15) is 32.0 Å². The molecule has 8 heteroatoms. The highest BCUT2D eigenvalue weighted by atomic mass is 16.5. The molecule has 1 aliphatic heterocycles. The second kappa shape index (κ2) is 7.59. The molecule has 0 aromatic heterocycles. The Balaban J connectivity index is 1.84. The molecular formula is C20H21N3O5. The number of benzene rings is 2. The number of nitrogens with one attached hydrogen (secondary N) is 2. The first-order valence-corrected chi connectivity index (χ1v) is 8.44. The van der Waals surface area contributed by atoms with Crippen LogP contribution in [0, 0.1) is 13.8 Å². The van der Waals surface area contributed by atoms with E-state index < -0.39 is 37.3 Å². The molecule has 0 aliphatic carbocycles. The van der Waals surface area contributed by atoms with Crippen LogP contribution < -0.4 is 21.1 Å². The Morgan fingerprint density at radius 3 is 2.57 bits per heavy atom. The zero-order chi connectivity index (χ0) is 22.9.